The van der Waals surface area contributed by atoms with E-state index in [-0.39, 0.29) is 12.8 Å². The van der Waals surface area contributed by atoms with E-state index in [1.807, 2.05) is 0 Å². The summed E-state index contributed by atoms with van der Waals surface area (Å²) in [6.07, 6.45) is 5.38. The number of carboxylic acids is 1. The van der Waals surface area contributed by atoms with E-state index >= 15 is 0 Å². The van der Waals surface area contributed by atoms with Gasteiger partial charge in [-0.05, 0) is 60.8 Å². The zero-order valence-corrected chi connectivity index (χ0v) is 29.5. The Morgan fingerprint density at radius 2 is 1.43 bits per heavy atom. The molecular formula is C33H63NO13. The molecular weight excluding hydrogens is 618 g/mol. The summed E-state index contributed by atoms with van der Waals surface area (Å²) in [4.78, 5) is 23.0. The quantitative estimate of drug-likeness (QED) is 0.0726. The molecule has 1 fully saturated rings. The monoisotopic (exact) mass is 681 g/mol. The van der Waals surface area contributed by atoms with E-state index in [1.165, 1.54) is 41.5 Å². The summed E-state index contributed by atoms with van der Waals surface area (Å²) in [6.45, 7) is 8.18. The molecule has 14 heteroatoms. The summed E-state index contributed by atoms with van der Waals surface area (Å²) < 4.78 is 23.5. The highest BCUT2D eigenvalue weighted by Crippen LogP contribution is 2.49. The van der Waals surface area contributed by atoms with Crippen molar-refractivity contribution in [2.45, 2.75) is 165 Å². The SMILES string of the molecule is CCC(O)[C@@](C)(CO)OC(C)(CO)CO[C@@]1(C)OC(C)(COC(=O)NCCCCCCCCCCCC(=O)O)[C@@](C)(O)[C@@H](O)C1(C)O. The van der Waals surface area contributed by atoms with Gasteiger partial charge in [0.25, 0.3) is 0 Å². The number of aliphatic hydroxyl groups excluding tert-OH is 4. The molecule has 14 nitrogen and oxygen atoms in total. The molecule has 4 unspecified atom stereocenters. The topological polar surface area (TPSA) is 225 Å². The normalized spacial score (nSPS) is 31.0. The highest BCUT2D eigenvalue weighted by molar-refractivity contribution is 5.67. The summed E-state index contributed by atoms with van der Waals surface area (Å²) in [7, 11) is 0. The number of aliphatic carboxylic acids is 1. The number of carboxylic acid groups (broad SMARTS) is 1. The Bertz CT molecular complexity index is 965. The lowest BCUT2D eigenvalue weighted by atomic mass is 9.69. The zero-order valence-electron chi connectivity index (χ0n) is 29.5. The fraction of sp³-hybridized carbons (Fsp3) is 0.939. The van der Waals surface area contributed by atoms with Gasteiger partial charge >= 0.3 is 12.1 Å². The second-order valence-electron chi connectivity index (χ2n) is 14.2. The van der Waals surface area contributed by atoms with E-state index in [2.05, 4.69) is 5.32 Å². The van der Waals surface area contributed by atoms with Crippen molar-refractivity contribution in [3.8, 4) is 0 Å². The van der Waals surface area contributed by atoms with Crippen LogP contribution in [0.3, 0.4) is 0 Å². The molecule has 47 heavy (non-hydrogen) atoms. The maximum atomic E-state index is 12.5. The number of carbonyl (C=O) groups is 2. The van der Waals surface area contributed by atoms with Gasteiger partial charge in [0.15, 0.2) is 5.79 Å². The van der Waals surface area contributed by atoms with Crippen LogP contribution >= 0.6 is 0 Å². The minimum absolute atomic E-state index is 0.221. The first-order valence-electron chi connectivity index (χ1n) is 16.9. The Labute approximate surface area is 279 Å². The molecule has 0 aromatic heterocycles. The van der Waals surface area contributed by atoms with Gasteiger partial charge < -0.3 is 60.0 Å². The number of hydrogen-bond acceptors (Lipinski definition) is 12. The molecule has 278 valence electrons. The number of rotatable bonds is 23. The summed E-state index contributed by atoms with van der Waals surface area (Å²) in [6, 6.07) is 0. The molecule has 1 heterocycles. The molecule has 0 radical (unpaired) electrons. The summed E-state index contributed by atoms with van der Waals surface area (Å²) in [5, 5.41) is 75.7. The third-order valence-corrected chi connectivity index (χ3v) is 9.66. The van der Waals surface area contributed by atoms with Gasteiger partial charge in [0.1, 0.15) is 40.7 Å². The van der Waals surface area contributed by atoms with Crippen molar-refractivity contribution in [1.29, 1.82) is 0 Å². The molecule has 1 aliphatic rings. The van der Waals surface area contributed by atoms with E-state index < -0.39 is 84.5 Å². The predicted molar refractivity (Wildman–Crippen MR) is 173 cm³/mol. The number of aliphatic hydroxyl groups is 6. The largest absolute Gasteiger partial charge is 0.481 e. The van der Waals surface area contributed by atoms with Gasteiger partial charge in [-0.1, -0.05) is 51.9 Å². The molecule has 8 N–H and O–H groups in total. The van der Waals surface area contributed by atoms with Crippen molar-refractivity contribution < 1.29 is 64.3 Å². The first kappa shape index (κ1) is 43.4. The maximum Gasteiger partial charge on any atom is 0.407 e. The number of carbonyl (C=O) groups excluding carboxylic acids is 1. The molecule has 1 saturated heterocycles. The summed E-state index contributed by atoms with van der Waals surface area (Å²) in [5.41, 5.74) is -9.05. The average Bonchev–Trinajstić information content (AvgIpc) is 3.01. The lowest BCUT2D eigenvalue weighted by Gasteiger charge is -2.60. The molecule has 0 aliphatic carbocycles. The Kier molecular flexibility index (Phi) is 17.0. The number of amides is 1. The highest BCUT2D eigenvalue weighted by atomic mass is 16.7. The van der Waals surface area contributed by atoms with Crippen LogP contribution < -0.4 is 5.32 Å². The lowest BCUT2D eigenvalue weighted by molar-refractivity contribution is -0.438. The molecule has 8 atom stereocenters. The van der Waals surface area contributed by atoms with Gasteiger partial charge in [-0.3, -0.25) is 4.79 Å². The van der Waals surface area contributed by atoms with Crippen LogP contribution in [0, 0.1) is 0 Å². The van der Waals surface area contributed by atoms with Crippen LogP contribution in [-0.2, 0) is 23.7 Å². The van der Waals surface area contributed by atoms with Crippen molar-refractivity contribution in [1.82, 2.24) is 5.32 Å². The summed E-state index contributed by atoms with van der Waals surface area (Å²) in [5.74, 6) is -2.78. The third-order valence-electron chi connectivity index (χ3n) is 9.66. The van der Waals surface area contributed by atoms with Crippen LogP contribution in [0.25, 0.3) is 0 Å². The minimum Gasteiger partial charge on any atom is -0.481 e. The number of unbranched alkanes of at least 4 members (excludes halogenated alkanes) is 8. The first-order valence-corrected chi connectivity index (χ1v) is 16.9. The molecule has 0 aromatic carbocycles. The number of hydrogen-bond donors (Lipinski definition) is 8. The molecule has 1 aliphatic heterocycles. The first-order chi connectivity index (χ1) is 21.7. The molecule has 1 rings (SSSR count). The number of nitrogens with one attached hydrogen (secondary N) is 1. The van der Waals surface area contributed by atoms with E-state index in [0.717, 1.165) is 51.4 Å². The Morgan fingerprint density at radius 3 is 1.91 bits per heavy atom. The third kappa shape index (κ3) is 11.7. The summed E-state index contributed by atoms with van der Waals surface area (Å²) >= 11 is 0. The molecule has 0 saturated carbocycles. The predicted octanol–water partition coefficient (Wildman–Crippen LogP) is 2.37. The van der Waals surface area contributed by atoms with Crippen LogP contribution in [-0.4, -0.2) is 127 Å². The van der Waals surface area contributed by atoms with Gasteiger partial charge in [0.05, 0.1) is 25.9 Å². The van der Waals surface area contributed by atoms with E-state index in [4.69, 9.17) is 24.1 Å². The van der Waals surface area contributed by atoms with Crippen molar-refractivity contribution in [3.63, 3.8) is 0 Å². The maximum absolute atomic E-state index is 12.5. The van der Waals surface area contributed by atoms with Crippen molar-refractivity contribution in [2.24, 2.45) is 0 Å². The van der Waals surface area contributed by atoms with Crippen LogP contribution in [0.4, 0.5) is 4.79 Å². The van der Waals surface area contributed by atoms with E-state index in [1.54, 1.807) is 6.92 Å². The molecule has 0 aromatic rings. The lowest BCUT2D eigenvalue weighted by Crippen LogP contribution is -2.80. The van der Waals surface area contributed by atoms with Gasteiger partial charge in [-0.25, -0.2) is 4.79 Å². The fourth-order valence-electron chi connectivity index (χ4n) is 5.75. The minimum atomic E-state index is -2.21. The second-order valence-corrected chi connectivity index (χ2v) is 14.2. The Morgan fingerprint density at radius 1 is 0.894 bits per heavy atom. The van der Waals surface area contributed by atoms with Gasteiger partial charge in [-0.15, -0.1) is 0 Å². The number of ether oxygens (including phenoxy) is 4. The van der Waals surface area contributed by atoms with Crippen LogP contribution in [0.1, 0.15) is 119 Å². The molecule has 0 bridgehead atoms. The van der Waals surface area contributed by atoms with Gasteiger partial charge in [-0.2, -0.15) is 0 Å². The van der Waals surface area contributed by atoms with Crippen LogP contribution in [0.15, 0.2) is 0 Å². The van der Waals surface area contributed by atoms with Crippen LogP contribution in [0.2, 0.25) is 0 Å². The zero-order chi connectivity index (χ0) is 36.2. The van der Waals surface area contributed by atoms with Crippen molar-refractivity contribution >= 4 is 12.1 Å². The molecule has 1 amide bonds. The molecule has 0 spiro atoms. The van der Waals surface area contributed by atoms with Gasteiger partial charge in [0.2, 0.25) is 0 Å². The van der Waals surface area contributed by atoms with Crippen molar-refractivity contribution in [2.75, 3.05) is 33.0 Å². The van der Waals surface area contributed by atoms with Gasteiger partial charge in [0, 0.05) is 13.0 Å². The fourth-order valence-corrected chi connectivity index (χ4v) is 5.75. The number of alkyl carbamates (subject to hydrolysis) is 1. The Balaban J connectivity index is 2.73. The van der Waals surface area contributed by atoms with E-state index in [9.17, 15) is 40.2 Å². The Hall–Kier alpha value is -1.62. The van der Waals surface area contributed by atoms with Crippen LogP contribution in [0.5, 0.6) is 0 Å². The van der Waals surface area contributed by atoms with E-state index in [0.29, 0.717) is 13.0 Å². The average molecular weight is 682 g/mol. The highest BCUT2D eigenvalue weighted by Gasteiger charge is 2.69. The standard InChI is InChI=1S/C33H63NO13/c1-8-24(37)29(3,21-36)46-28(2,20-35)22-45-33(7)32(6,43)26(40)31(5,42)30(4,47-33)23-44-27(41)34-19-17-15-13-11-9-10-12-14-16-18-25(38)39/h24,26,35-37,40,42-43H,8-23H2,1-7H3,(H,34,41)(H,38,39)/t24?,26-,28?,29-,30?,31+,32?,33+/m1/s1. The van der Waals surface area contributed by atoms with Crippen molar-refractivity contribution in [3.05, 3.63) is 0 Å². The smallest absolute Gasteiger partial charge is 0.407 e. The second kappa shape index (κ2) is 18.4.